The SMILES string of the molecule is CO[C@H](C(=O)O)[C@@H]1Cc2cc3cc(O[C@H]4C[C@@H](O[C@H]5C[C@@H](O)[C@H](O)[C@@H](C)O5)[C@H](O)[C@@H](C)O4)c(C)c(O)c3c(O)c2C(=O)[C@H]1O[C@H]1C[C@@H](O[C@H]2C[C@@H](O)[C@@H](O)[C@@H](C)O2)[C@H](O)[C@@H](C)O1. The van der Waals surface area contributed by atoms with Crippen molar-refractivity contribution in [1.29, 1.82) is 0 Å². The Morgan fingerprint density at radius 3 is 1.68 bits per heavy atom. The molecule has 0 saturated carbocycles. The lowest BCUT2D eigenvalue weighted by Gasteiger charge is -2.43. The standard InChI is InChI=1S/C42H58O20/c1-14-24(59-29-12-25(36(48)17(4)57-29)60-27-10-22(43)34(46)15(2)55-27)9-20-7-19-8-21(41(54-6)42(52)53)40(39(51)32(19)38(50)31(20)33(14)45)62-30-13-26(37(49)18(5)58-30)61-28-11-23(44)35(47)16(3)56-28/h7,9,15-18,21-23,25-30,34-37,40-41,43-50H,8,10-13H2,1-6H3,(H,52,53)/t15-,16-,17-,18-,21-,22-,23-,25-,26-,27+,28+,29+,30+,34-,35+,36-,37-,40+,41+/m1/s1. The third-order valence-electron chi connectivity index (χ3n) is 12.8. The Morgan fingerprint density at radius 1 is 0.694 bits per heavy atom. The van der Waals surface area contributed by atoms with E-state index in [2.05, 4.69) is 0 Å². The van der Waals surface area contributed by atoms with Crippen molar-refractivity contribution < 1.29 is 98.2 Å². The molecule has 0 amide bonds. The van der Waals surface area contributed by atoms with Gasteiger partial charge in [0.05, 0.1) is 59.8 Å². The van der Waals surface area contributed by atoms with E-state index in [0.717, 1.165) is 0 Å². The maximum atomic E-state index is 14.5. The minimum Gasteiger partial charge on any atom is -0.507 e. The molecule has 9 N–H and O–H groups in total. The van der Waals surface area contributed by atoms with Gasteiger partial charge in [-0.1, -0.05) is 0 Å². The number of benzene rings is 2. The number of carbonyl (C=O) groups excluding carboxylic acids is 1. The molecular formula is C42H58O20. The summed E-state index contributed by atoms with van der Waals surface area (Å²) in [4.78, 5) is 27.1. The van der Waals surface area contributed by atoms with Crippen LogP contribution in [0.2, 0.25) is 0 Å². The van der Waals surface area contributed by atoms with Gasteiger partial charge in [0, 0.05) is 44.3 Å². The van der Waals surface area contributed by atoms with Crippen LogP contribution in [-0.4, -0.2) is 175 Å². The number of carbonyl (C=O) groups is 2. The number of ketones is 1. The van der Waals surface area contributed by atoms with E-state index >= 15 is 0 Å². The van der Waals surface area contributed by atoms with Crippen molar-refractivity contribution >= 4 is 22.5 Å². The summed E-state index contributed by atoms with van der Waals surface area (Å²) >= 11 is 0. The molecule has 0 spiro atoms. The van der Waals surface area contributed by atoms with Gasteiger partial charge in [-0.05, 0) is 64.1 Å². The third-order valence-corrected chi connectivity index (χ3v) is 12.8. The van der Waals surface area contributed by atoms with Crippen LogP contribution in [-0.2, 0) is 49.1 Å². The summed E-state index contributed by atoms with van der Waals surface area (Å²) in [5.74, 6) is -4.25. The van der Waals surface area contributed by atoms with Gasteiger partial charge in [0.25, 0.3) is 0 Å². The van der Waals surface area contributed by atoms with Gasteiger partial charge in [-0.3, -0.25) is 4.79 Å². The highest BCUT2D eigenvalue weighted by Crippen LogP contribution is 2.47. The molecule has 1 aliphatic carbocycles. The second-order valence-corrected chi connectivity index (χ2v) is 17.1. The van der Waals surface area contributed by atoms with Crippen LogP contribution in [0.3, 0.4) is 0 Å². The molecule has 346 valence electrons. The molecule has 4 heterocycles. The molecule has 0 radical (unpaired) electrons. The molecule has 20 heteroatoms. The summed E-state index contributed by atoms with van der Waals surface area (Å²) in [5.41, 5.74) is 0.182. The smallest absolute Gasteiger partial charge is 0.333 e. The van der Waals surface area contributed by atoms with E-state index in [9.17, 15) is 55.5 Å². The van der Waals surface area contributed by atoms with Crippen molar-refractivity contribution in [3.63, 3.8) is 0 Å². The van der Waals surface area contributed by atoms with E-state index in [4.69, 9.17) is 42.6 Å². The monoisotopic (exact) mass is 882 g/mol. The number of fused-ring (bicyclic) bond motifs is 2. The summed E-state index contributed by atoms with van der Waals surface area (Å²) in [6.07, 6.45) is -19.6. The topological polar surface area (TPSA) is 299 Å². The fourth-order valence-electron chi connectivity index (χ4n) is 9.17. The Bertz CT molecular complexity index is 1920. The first-order chi connectivity index (χ1) is 29.3. The maximum absolute atomic E-state index is 14.5. The fourth-order valence-corrected chi connectivity index (χ4v) is 9.17. The number of ether oxygens (including phenoxy) is 9. The van der Waals surface area contributed by atoms with Crippen LogP contribution in [0.4, 0.5) is 0 Å². The molecule has 0 unspecified atom stereocenters. The first kappa shape index (κ1) is 46.7. The van der Waals surface area contributed by atoms with Gasteiger partial charge in [-0.25, -0.2) is 4.79 Å². The zero-order chi connectivity index (χ0) is 45.1. The fraction of sp³-hybridized carbons (Fsp3) is 0.714. The molecule has 4 saturated heterocycles. The second kappa shape index (κ2) is 18.6. The lowest BCUT2D eigenvalue weighted by Crippen LogP contribution is -2.55. The average Bonchev–Trinajstić information content (AvgIpc) is 3.19. The molecular weight excluding hydrogens is 824 g/mol. The molecule has 19 atom stereocenters. The molecule has 7 rings (SSSR count). The number of hydrogen-bond acceptors (Lipinski definition) is 19. The number of aliphatic carboxylic acids is 1. The van der Waals surface area contributed by atoms with E-state index < -0.39 is 140 Å². The molecule has 4 fully saturated rings. The zero-order valence-corrected chi connectivity index (χ0v) is 35.2. The van der Waals surface area contributed by atoms with Crippen LogP contribution < -0.4 is 4.74 Å². The number of aromatic hydroxyl groups is 2. The normalized spacial score (nSPS) is 40.8. The van der Waals surface area contributed by atoms with E-state index in [0.29, 0.717) is 0 Å². The highest BCUT2D eigenvalue weighted by molar-refractivity contribution is 6.11. The van der Waals surface area contributed by atoms with E-state index in [-0.39, 0.29) is 65.3 Å². The van der Waals surface area contributed by atoms with Gasteiger partial charge < -0.3 is 88.6 Å². The molecule has 2 aromatic rings. The average molecular weight is 883 g/mol. The Hall–Kier alpha value is -3.32. The predicted molar refractivity (Wildman–Crippen MR) is 209 cm³/mol. The van der Waals surface area contributed by atoms with Gasteiger partial charge in [-0.2, -0.15) is 0 Å². The third kappa shape index (κ3) is 9.14. The molecule has 20 nitrogen and oxygen atoms in total. The Labute approximate surface area is 356 Å². The second-order valence-electron chi connectivity index (χ2n) is 17.1. The van der Waals surface area contributed by atoms with Crippen LogP contribution in [0.15, 0.2) is 12.1 Å². The first-order valence-electron chi connectivity index (χ1n) is 20.9. The number of methoxy groups -OCH3 is 1. The van der Waals surface area contributed by atoms with Gasteiger partial charge in [0.15, 0.2) is 30.8 Å². The number of phenolic OH excluding ortho intramolecular Hbond substituents is 2. The quantitative estimate of drug-likeness (QED) is 0.146. The number of phenols is 2. The Balaban J connectivity index is 1.14. The molecule has 4 aliphatic heterocycles. The van der Waals surface area contributed by atoms with E-state index in [1.165, 1.54) is 26.2 Å². The first-order valence-corrected chi connectivity index (χ1v) is 20.9. The van der Waals surface area contributed by atoms with Crippen LogP contribution >= 0.6 is 0 Å². The van der Waals surface area contributed by atoms with Crippen LogP contribution in [0.25, 0.3) is 10.8 Å². The molecule has 0 bridgehead atoms. The summed E-state index contributed by atoms with van der Waals surface area (Å²) in [7, 11) is 1.17. The summed E-state index contributed by atoms with van der Waals surface area (Å²) in [6, 6.07) is 3.05. The Morgan fingerprint density at radius 2 is 1.18 bits per heavy atom. The number of carboxylic acids is 1. The molecule has 2 aromatic carbocycles. The highest BCUT2D eigenvalue weighted by Gasteiger charge is 2.49. The minimum absolute atomic E-state index is 0.00657. The van der Waals surface area contributed by atoms with E-state index in [1.807, 2.05) is 0 Å². The van der Waals surface area contributed by atoms with Crippen molar-refractivity contribution in [1.82, 2.24) is 0 Å². The summed E-state index contributed by atoms with van der Waals surface area (Å²) in [5, 5.41) is 96.4. The predicted octanol–water partition coefficient (Wildman–Crippen LogP) is 0.253. The maximum Gasteiger partial charge on any atom is 0.333 e. The number of aliphatic hydroxyl groups excluding tert-OH is 6. The van der Waals surface area contributed by atoms with Crippen molar-refractivity contribution in [3.05, 3.63) is 28.8 Å². The summed E-state index contributed by atoms with van der Waals surface area (Å²) in [6.45, 7) is 7.85. The molecule has 62 heavy (non-hydrogen) atoms. The van der Waals surface area contributed by atoms with Crippen LogP contribution in [0, 0.1) is 12.8 Å². The summed E-state index contributed by atoms with van der Waals surface area (Å²) < 4.78 is 53.1. The van der Waals surface area contributed by atoms with Crippen LogP contribution in [0.5, 0.6) is 17.2 Å². The van der Waals surface area contributed by atoms with Crippen LogP contribution in [0.1, 0.15) is 74.9 Å². The zero-order valence-electron chi connectivity index (χ0n) is 35.2. The van der Waals surface area contributed by atoms with Crippen molar-refractivity contribution in [2.75, 3.05) is 7.11 Å². The number of hydrogen-bond donors (Lipinski definition) is 9. The number of Topliss-reactive ketones (excluding diaryl/α,β-unsaturated/α-hetero) is 1. The molecule has 0 aromatic heterocycles. The van der Waals surface area contributed by atoms with Gasteiger partial charge >= 0.3 is 5.97 Å². The van der Waals surface area contributed by atoms with E-state index in [1.54, 1.807) is 27.7 Å². The highest BCUT2D eigenvalue weighted by atomic mass is 16.7. The molecule has 5 aliphatic rings. The number of carboxylic acid groups (broad SMARTS) is 1. The number of rotatable bonds is 11. The van der Waals surface area contributed by atoms with Crippen molar-refractivity contribution in [3.8, 4) is 17.2 Å². The number of aliphatic hydroxyl groups is 6. The van der Waals surface area contributed by atoms with Gasteiger partial charge in [-0.15, -0.1) is 0 Å². The lowest BCUT2D eigenvalue weighted by atomic mass is 9.76. The minimum atomic E-state index is -1.57. The van der Waals surface area contributed by atoms with Gasteiger partial charge in [0.1, 0.15) is 47.8 Å². The largest absolute Gasteiger partial charge is 0.507 e. The van der Waals surface area contributed by atoms with Crippen molar-refractivity contribution in [2.45, 2.75) is 177 Å². The van der Waals surface area contributed by atoms with Gasteiger partial charge in [0.2, 0.25) is 6.29 Å². The Kier molecular flexibility index (Phi) is 14.0. The lowest BCUT2D eigenvalue weighted by molar-refractivity contribution is -0.311. The van der Waals surface area contributed by atoms with Crippen molar-refractivity contribution in [2.24, 2.45) is 5.92 Å².